The van der Waals surface area contributed by atoms with E-state index in [4.69, 9.17) is 10.3 Å². The zero-order valence-corrected chi connectivity index (χ0v) is 15.5. The standard InChI is InChI=1S/C19H19N5O4/c1-12-8-18(21-22-20)23(19(12)25)11-13-6-7-17(28-2)16(9-13)14-4-3-5-15(10-14)24(26)27/h3-7,9-10,12,18H,8,11H2,1-2H3/t12-,18?/m1/s1. The second-order valence-corrected chi connectivity index (χ2v) is 6.63. The van der Waals surface area contributed by atoms with Crippen LogP contribution in [-0.2, 0) is 11.3 Å². The van der Waals surface area contributed by atoms with Gasteiger partial charge in [0.1, 0.15) is 11.9 Å². The third-order valence-corrected chi connectivity index (χ3v) is 4.80. The monoisotopic (exact) mass is 381 g/mol. The summed E-state index contributed by atoms with van der Waals surface area (Å²) >= 11 is 0. The summed E-state index contributed by atoms with van der Waals surface area (Å²) in [5, 5.41) is 14.8. The summed E-state index contributed by atoms with van der Waals surface area (Å²) in [6.45, 7) is 2.09. The molecule has 0 spiro atoms. The highest BCUT2D eigenvalue weighted by Gasteiger charge is 2.36. The van der Waals surface area contributed by atoms with E-state index in [1.807, 2.05) is 19.1 Å². The summed E-state index contributed by atoms with van der Waals surface area (Å²) in [6, 6.07) is 11.7. The summed E-state index contributed by atoms with van der Waals surface area (Å²) in [7, 11) is 1.53. The Labute approximate surface area is 161 Å². The van der Waals surface area contributed by atoms with Crippen LogP contribution in [0.15, 0.2) is 47.6 Å². The van der Waals surface area contributed by atoms with Gasteiger partial charge in [0.15, 0.2) is 0 Å². The van der Waals surface area contributed by atoms with E-state index in [0.29, 0.717) is 23.3 Å². The van der Waals surface area contributed by atoms with Gasteiger partial charge >= 0.3 is 0 Å². The number of nitro benzene ring substituents is 1. The molecule has 2 aromatic carbocycles. The highest BCUT2D eigenvalue weighted by atomic mass is 16.6. The van der Waals surface area contributed by atoms with Gasteiger partial charge in [0, 0.05) is 35.1 Å². The minimum atomic E-state index is -0.518. The Morgan fingerprint density at radius 2 is 2.14 bits per heavy atom. The van der Waals surface area contributed by atoms with Crippen LogP contribution >= 0.6 is 0 Å². The van der Waals surface area contributed by atoms with Gasteiger partial charge in [-0.15, -0.1) is 0 Å². The molecule has 9 nitrogen and oxygen atoms in total. The molecule has 1 amide bonds. The van der Waals surface area contributed by atoms with Gasteiger partial charge in [-0.25, -0.2) is 0 Å². The largest absolute Gasteiger partial charge is 0.496 e. The lowest BCUT2D eigenvalue weighted by Gasteiger charge is -2.22. The van der Waals surface area contributed by atoms with Gasteiger partial charge in [0.2, 0.25) is 5.91 Å². The van der Waals surface area contributed by atoms with E-state index in [1.54, 1.807) is 23.1 Å². The highest BCUT2D eigenvalue weighted by Crippen LogP contribution is 2.34. The third-order valence-electron chi connectivity index (χ3n) is 4.80. The number of hydrogen-bond donors (Lipinski definition) is 0. The molecule has 0 aromatic heterocycles. The number of azide groups is 1. The molecule has 0 aliphatic carbocycles. The Morgan fingerprint density at radius 1 is 1.36 bits per heavy atom. The first-order chi connectivity index (χ1) is 13.4. The van der Waals surface area contributed by atoms with Crippen LogP contribution in [0.25, 0.3) is 21.6 Å². The van der Waals surface area contributed by atoms with Crippen molar-refractivity contribution in [2.24, 2.45) is 11.0 Å². The van der Waals surface area contributed by atoms with Gasteiger partial charge < -0.3 is 9.64 Å². The van der Waals surface area contributed by atoms with E-state index in [9.17, 15) is 14.9 Å². The third kappa shape index (κ3) is 3.74. The Bertz CT molecular complexity index is 971. The minimum Gasteiger partial charge on any atom is -0.496 e. The molecule has 28 heavy (non-hydrogen) atoms. The quantitative estimate of drug-likeness (QED) is 0.244. The van der Waals surface area contributed by atoms with Crippen molar-refractivity contribution in [3.05, 3.63) is 68.6 Å². The first kappa shape index (κ1) is 19.2. The van der Waals surface area contributed by atoms with E-state index >= 15 is 0 Å². The lowest BCUT2D eigenvalue weighted by atomic mass is 10.0. The normalized spacial score (nSPS) is 18.6. The van der Waals surface area contributed by atoms with Gasteiger partial charge in [-0.1, -0.05) is 30.2 Å². The van der Waals surface area contributed by atoms with Gasteiger partial charge in [0.05, 0.1) is 12.0 Å². The summed E-state index contributed by atoms with van der Waals surface area (Å²) in [5.41, 5.74) is 10.9. The predicted octanol–water partition coefficient (Wildman–Crippen LogP) is 4.28. The molecule has 1 saturated heterocycles. The topological polar surface area (TPSA) is 121 Å². The minimum absolute atomic E-state index is 0.0167. The Kier molecular flexibility index (Phi) is 5.47. The first-order valence-corrected chi connectivity index (χ1v) is 8.71. The molecule has 0 radical (unpaired) electrons. The van der Waals surface area contributed by atoms with Crippen LogP contribution in [0.1, 0.15) is 18.9 Å². The molecule has 0 bridgehead atoms. The second-order valence-electron chi connectivity index (χ2n) is 6.63. The van der Waals surface area contributed by atoms with E-state index in [-0.39, 0.29) is 24.1 Å². The average molecular weight is 381 g/mol. The smallest absolute Gasteiger partial charge is 0.270 e. The molecule has 0 N–H and O–H groups in total. The number of nitrogens with zero attached hydrogens (tertiary/aromatic N) is 5. The number of methoxy groups -OCH3 is 1. The molecular weight excluding hydrogens is 362 g/mol. The van der Waals surface area contributed by atoms with Gasteiger partial charge in [-0.05, 0) is 35.2 Å². The van der Waals surface area contributed by atoms with Crippen LogP contribution in [0.5, 0.6) is 5.75 Å². The maximum absolute atomic E-state index is 12.4. The van der Waals surface area contributed by atoms with Crippen LogP contribution in [0.3, 0.4) is 0 Å². The maximum atomic E-state index is 12.4. The number of amides is 1. The van der Waals surface area contributed by atoms with E-state index in [1.165, 1.54) is 19.2 Å². The number of nitro groups is 1. The van der Waals surface area contributed by atoms with Crippen molar-refractivity contribution in [2.75, 3.05) is 7.11 Å². The molecule has 3 rings (SSSR count). The van der Waals surface area contributed by atoms with Crippen LogP contribution in [0.2, 0.25) is 0 Å². The van der Waals surface area contributed by atoms with Crippen LogP contribution < -0.4 is 4.74 Å². The molecule has 1 fully saturated rings. The number of carbonyl (C=O) groups excluding carboxylic acids is 1. The molecule has 1 heterocycles. The lowest BCUT2D eigenvalue weighted by Crippen LogP contribution is -2.31. The molecule has 2 aromatic rings. The van der Waals surface area contributed by atoms with Crippen LogP contribution in [0, 0.1) is 16.0 Å². The summed E-state index contributed by atoms with van der Waals surface area (Å²) < 4.78 is 5.41. The molecular formula is C19H19N5O4. The number of ether oxygens (including phenoxy) is 1. The molecule has 1 aliphatic heterocycles. The fourth-order valence-electron chi connectivity index (χ4n) is 3.39. The number of likely N-dealkylation sites (tertiary alicyclic amines) is 1. The fourth-order valence-corrected chi connectivity index (χ4v) is 3.39. The van der Waals surface area contributed by atoms with Crippen LogP contribution in [-0.4, -0.2) is 29.0 Å². The van der Waals surface area contributed by atoms with Crippen molar-refractivity contribution in [1.29, 1.82) is 0 Å². The number of rotatable bonds is 6. The molecule has 144 valence electrons. The van der Waals surface area contributed by atoms with Crippen molar-refractivity contribution in [1.82, 2.24) is 4.90 Å². The van der Waals surface area contributed by atoms with Crippen molar-refractivity contribution in [3.8, 4) is 16.9 Å². The zero-order chi connectivity index (χ0) is 20.3. The molecule has 2 atom stereocenters. The Balaban J connectivity index is 1.97. The highest BCUT2D eigenvalue weighted by molar-refractivity contribution is 5.81. The second kappa shape index (κ2) is 7.98. The lowest BCUT2D eigenvalue weighted by molar-refractivity contribution is -0.384. The van der Waals surface area contributed by atoms with Gasteiger partial charge in [-0.2, -0.15) is 0 Å². The first-order valence-electron chi connectivity index (χ1n) is 8.71. The Hall–Kier alpha value is -3.58. The van der Waals surface area contributed by atoms with E-state index in [2.05, 4.69) is 10.0 Å². The summed E-state index contributed by atoms with van der Waals surface area (Å²) in [6.07, 6.45) is -0.0348. The molecule has 1 aliphatic rings. The number of benzene rings is 2. The summed E-state index contributed by atoms with van der Waals surface area (Å²) in [4.78, 5) is 27.5. The average Bonchev–Trinajstić information content (AvgIpc) is 2.96. The van der Waals surface area contributed by atoms with E-state index < -0.39 is 11.1 Å². The van der Waals surface area contributed by atoms with Crippen molar-refractivity contribution in [3.63, 3.8) is 0 Å². The zero-order valence-electron chi connectivity index (χ0n) is 15.5. The van der Waals surface area contributed by atoms with Crippen molar-refractivity contribution >= 4 is 11.6 Å². The van der Waals surface area contributed by atoms with Gasteiger partial charge in [-0.3, -0.25) is 14.9 Å². The fraction of sp³-hybridized carbons (Fsp3) is 0.316. The summed E-state index contributed by atoms with van der Waals surface area (Å²) in [5.74, 6) is 0.298. The number of hydrogen-bond acceptors (Lipinski definition) is 5. The van der Waals surface area contributed by atoms with Crippen LogP contribution in [0.4, 0.5) is 5.69 Å². The molecule has 1 unspecified atom stereocenters. The van der Waals surface area contributed by atoms with E-state index in [0.717, 1.165) is 5.56 Å². The predicted molar refractivity (Wildman–Crippen MR) is 102 cm³/mol. The SMILES string of the molecule is COc1ccc(CN2C(=O)[C@H](C)CC2N=[N+]=[N-])cc1-c1cccc([N+](=O)[O-])c1. The maximum Gasteiger partial charge on any atom is 0.270 e. The van der Waals surface area contributed by atoms with Gasteiger partial charge in [0.25, 0.3) is 5.69 Å². The number of non-ortho nitro benzene ring substituents is 1. The number of carbonyl (C=O) groups is 1. The molecule has 9 heteroatoms. The Morgan fingerprint density at radius 3 is 2.82 bits per heavy atom. The van der Waals surface area contributed by atoms with Crippen molar-refractivity contribution in [2.45, 2.75) is 26.1 Å². The molecule has 0 saturated carbocycles. The van der Waals surface area contributed by atoms with Crippen molar-refractivity contribution < 1.29 is 14.5 Å².